The maximum atomic E-state index is 13.8. The maximum Gasteiger partial charge on any atom is 0.308 e. The second-order valence-corrected chi connectivity index (χ2v) is 4.94. The van der Waals surface area contributed by atoms with Crippen LogP contribution in [-0.4, -0.2) is 21.0 Å². The molecule has 0 aliphatic heterocycles. The molecule has 0 amide bonds. The minimum absolute atomic E-state index is 0.00549. The fraction of sp³-hybridized carbons (Fsp3) is 0.214. The van der Waals surface area contributed by atoms with Crippen molar-refractivity contribution in [2.75, 3.05) is 0 Å². The van der Waals surface area contributed by atoms with E-state index >= 15 is 0 Å². The van der Waals surface area contributed by atoms with Crippen LogP contribution in [0.3, 0.4) is 0 Å². The van der Waals surface area contributed by atoms with Crippen LogP contribution in [-0.2, 0) is 17.6 Å². The normalized spacial score (nSPS) is 10.6. The van der Waals surface area contributed by atoms with Crippen LogP contribution < -0.4 is 5.56 Å². The lowest BCUT2D eigenvalue weighted by molar-refractivity contribution is -0.136. The average molecular weight is 311 g/mol. The summed E-state index contributed by atoms with van der Waals surface area (Å²) >= 11 is 5.69. The first-order valence-corrected chi connectivity index (χ1v) is 6.49. The Morgan fingerprint density at radius 3 is 2.81 bits per heavy atom. The highest BCUT2D eigenvalue weighted by molar-refractivity contribution is 6.30. The molecule has 2 aromatic rings. The van der Waals surface area contributed by atoms with Gasteiger partial charge in [0.15, 0.2) is 0 Å². The number of halogens is 2. The minimum atomic E-state index is -1.11. The molecule has 0 saturated carbocycles. The van der Waals surface area contributed by atoms with Gasteiger partial charge in [-0.2, -0.15) is 0 Å². The summed E-state index contributed by atoms with van der Waals surface area (Å²) in [6, 6.07) is 4.57. The van der Waals surface area contributed by atoms with Crippen molar-refractivity contribution in [3.63, 3.8) is 0 Å². The van der Waals surface area contributed by atoms with Crippen LogP contribution in [0, 0.1) is 12.7 Å². The molecule has 0 aliphatic carbocycles. The Morgan fingerprint density at radius 2 is 2.19 bits per heavy atom. The van der Waals surface area contributed by atoms with E-state index in [4.69, 9.17) is 16.7 Å². The number of hydrogen-bond donors (Lipinski definition) is 2. The molecule has 0 atom stereocenters. The van der Waals surface area contributed by atoms with Gasteiger partial charge in [0.25, 0.3) is 5.56 Å². The van der Waals surface area contributed by atoms with Crippen LogP contribution in [0.4, 0.5) is 4.39 Å². The molecule has 0 aliphatic rings. The van der Waals surface area contributed by atoms with Crippen molar-refractivity contribution in [1.29, 1.82) is 0 Å². The van der Waals surface area contributed by atoms with Crippen molar-refractivity contribution in [3.05, 3.63) is 62.0 Å². The highest BCUT2D eigenvalue weighted by Gasteiger charge is 2.13. The molecule has 0 bridgehead atoms. The Morgan fingerprint density at radius 1 is 1.48 bits per heavy atom. The number of H-pyrrole nitrogens is 1. The smallest absolute Gasteiger partial charge is 0.308 e. The predicted octanol–water partition coefficient (Wildman–Crippen LogP) is 2.09. The lowest BCUT2D eigenvalue weighted by Gasteiger charge is -2.07. The zero-order chi connectivity index (χ0) is 15.6. The van der Waals surface area contributed by atoms with E-state index in [0.717, 1.165) is 0 Å². The lowest BCUT2D eigenvalue weighted by atomic mass is 10.1. The molecule has 5 nitrogen and oxygen atoms in total. The first kappa shape index (κ1) is 15.2. The number of nitrogens with zero attached hydrogens (tertiary/aromatic N) is 1. The van der Waals surface area contributed by atoms with Crippen molar-refractivity contribution in [1.82, 2.24) is 9.97 Å². The van der Waals surface area contributed by atoms with Gasteiger partial charge in [0.1, 0.15) is 11.6 Å². The van der Waals surface area contributed by atoms with E-state index in [1.165, 1.54) is 6.07 Å². The topological polar surface area (TPSA) is 83.0 Å². The fourth-order valence-corrected chi connectivity index (χ4v) is 2.17. The number of carboxylic acids is 1. The van der Waals surface area contributed by atoms with Gasteiger partial charge >= 0.3 is 5.97 Å². The molecular formula is C14H12ClFN2O3. The van der Waals surface area contributed by atoms with Gasteiger partial charge in [0.05, 0.1) is 11.4 Å². The van der Waals surface area contributed by atoms with Crippen LogP contribution in [0.15, 0.2) is 23.0 Å². The molecule has 7 heteroatoms. The number of aliphatic carboxylic acids is 1. The van der Waals surface area contributed by atoms with Crippen LogP contribution in [0.2, 0.25) is 5.02 Å². The Labute approximate surface area is 124 Å². The summed E-state index contributed by atoms with van der Waals surface area (Å²) in [4.78, 5) is 29.1. The third-order valence-electron chi connectivity index (χ3n) is 2.99. The zero-order valence-electron chi connectivity index (χ0n) is 11.1. The second-order valence-electron chi connectivity index (χ2n) is 4.54. The Bertz CT molecular complexity index is 758. The average Bonchev–Trinajstić information content (AvgIpc) is 2.39. The molecule has 2 N–H and O–H groups in total. The molecule has 0 fully saturated rings. The van der Waals surface area contributed by atoms with Gasteiger partial charge in [-0.15, -0.1) is 0 Å². The minimum Gasteiger partial charge on any atom is -0.481 e. The lowest BCUT2D eigenvalue weighted by Crippen LogP contribution is -2.21. The highest BCUT2D eigenvalue weighted by Crippen LogP contribution is 2.19. The van der Waals surface area contributed by atoms with Crippen molar-refractivity contribution < 1.29 is 14.3 Å². The first-order valence-electron chi connectivity index (χ1n) is 6.12. The number of aromatic amines is 1. The third kappa shape index (κ3) is 3.46. The molecule has 0 saturated heterocycles. The molecule has 1 heterocycles. The van der Waals surface area contributed by atoms with E-state index in [9.17, 15) is 14.0 Å². The van der Waals surface area contributed by atoms with E-state index in [1.807, 2.05) is 0 Å². The molecule has 2 rings (SSSR count). The summed E-state index contributed by atoms with van der Waals surface area (Å²) in [7, 11) is 0. The number of rotatable bonds is 4. The van der Waals surface area contributed by atoms with E-state index in [0.29, 0.717) is 11.3 Å². The summed E-state index contributed by atoms with van der Waals surface area (Å²) in [5.41, 5.74) is 0.190. The summed E-state index contributed by atoms with van der Waals surface area (Å²) < 4.78 is 13.8. The largest absolute Gasteiger partial charge is 0.481 e. The van der Waals surface area contributed by atoms with Gasteiger partial charge in [0.2, 0.25) is 0 Å². The standard InChI is InChI=1S/C14H12ClFN2O3/c1-7-9(6-12(19)20)14(21)18-11(17-7)5-8-3-2-4-10(15)13(8)16/h2-4H,5-6H2,1H3,(H,19,20)(H,17,18,21). The summed E-state index contributed by atoms with van der Waals surface area (Å²) in [5.74, 6) is -1.42. The number of aryl methyl sites for hydroxylation is 1. The van der Waals surface area contributed by atoms with Gasteiger partial charge in [-0.1, -0.05) is 23.7 Å². The number of hydrogen-bond acceptors (Lipinski definition) is 3. The summed E-state index contributed by atoms with van der Waals surface area (Å²) in [6.45, 7) is 1.55. The number of aromatic nitrogens is 2. The van der Waals surface area contributed by atoms with Gasteiger partial charge < -0.3 is 10.1 Å². The molecule has 1 aromatic carbocycles. The van der Waals surface area contributed by atoms with Crippen molar-refractivity contribution in [3.8, 4) is 0 Å². The van der Waals surface area contributed by atoms with E-state index < -0.39 is 23.8 Å². The number of benzene rings is 1. The monoisotopic (exact) mass is 310 g/mol. The fourth-order valence-electron chi connectivity index (χ4n) is 1.98. The van der Waals surface area contributed by atoms with E-state index in [2.05, 4.69) is 9.97 Å². The molecule has 110 valence electrons. The van der Waals surface area contributed by atoms with Crippen LogP contribution >= 0.6 is 11.6 Å². The molecular weight excluding hydrogens is 299 g/mol. The van der Waals surface area contributed by atoms with Gasteiger partial charge in [-0.3, -0.25) is 9.59 Å². The number of nitrogens with one attached hydrogen (secondary N) is 1. The molecule has 21 heavy (non-hydrogen) atoms. The highest BCUT2D eigenvalue weighted by atomic mass is 35.5. The van der Waals surface area contributed by atoms with Crippen molar-refractivity contribution in [2.45, 2.75) is 19.8 Å². The SMILES string of the molecule is Cc1nc(Cc2cccc(Cl)c2F)[nH]c(=O)c1CC(=O)O. The predicted molar refractivity (Wildman–Crippen MR) is 75.2 cm³/mol. The van der Waals surface area contributed by atoms with Gasteiger partial charge in [0, 0.05) is 17.7 Å². The Balaban J connectivity index is 2.36. The van der Waals surface area contributed by atoms with Crippen molar-refractivity contribution in [2.24, 2.45) is 0 Å². The second kappa shape index (κ2) is 6.05. The number of carbonyl (C=O) groups is 1. The van der Waals surface area contributed by atoms with Crippen LogP contribution in [0.5, 0.6) is 0 Å². The third-order valence-corrected chi connectivity index (χ3v) is 3.28. The van der Waals surface area contributed by atoms with Crippen LogP contribution in [0.1, 0.15) is 22.6 Å². The Kier molecular flexibility index (Phi) is 4.37. The molecule has 0 unspecified atom stereocenters. The quantitative estimate of drug-likeness (QED) is 0.906. The maximum absolute atomic E-state index is 13.8. The van der Waals surface area contributed by atoms with Crippen molar-refractivity contribution >= 4 is 17.6 Å². The van der Waals surface area contributed by atoms with Gasteiger partial charge in [-0.05, 0) is 18.6 Å². The van der Waals surface area contributed by atoms with Gasteiger partial charge in [-0.25, -0.2) is 9.37 Å². The molecule has 0 radical (unpaired) electrons. The summed E-state index contributed by atoms with van der Waals surface area (Å²) in [5, 5.41) is 8.74. The molecule has 1 aromatic heterocycles. The van der Waals surface area contributed by atoms with E-state index in [-0.39, 0.29) is 22.8 Å². The first-order chi connectivity index (χ1) is 9.88. The van der Waals surface area contributed by atoms with E-state index in [1.54, 1.807) is 19.1 Å². The number of carboxylic acid groups (broad SMARTS) is 1. The zero-order valence-corrected chi connectivity index (χ0v) is 11.9. The molecule has 0 spiro atoms. The summed E-state index contributed by atoms with van der Waals surface area (Å²) in [6.07, 6.45) is -0.338. The Hall–Kier alpha value is -2.21. The van der Waals surface area contributed by atoms with Crippen LogP contribution in [0.25, 0.3) is 0 Å².